The molecule has 1 rings (SSSR count). The predicted octanol–water partition coefficient (Wildman–Crippen LogP) is 1.14. The molecule has 3 N–H and O–H groups in total. The van der Waals surface area contributed by atoms with Crippen LogP contribution in [0.15, 0.2) is 0 Å². The van der Waals surface area contributed by atoms with Crippen LogP contribution >= 0.6 is 11.3 Å². The van der Waals surface area contributed by atoms with Crippen molar-refractivity contribution in [3.05, 3.63) is 15.6 Å². The van der Waals surface area contributed by atoms with Crippen molar-refractivity contribution < 1.29 is 5.11 Å². The molecule has 68 valence electrons. The lowest BCUT2D eigenvalue weighted by molar-refractivity contribution is 0.173. The first-order chi connectivity index (χ1) is 5.65. The van der Waals surface area contributed by atoms with E-state index in [1.807, 2.05) is 13.8 Å². The van der Waals surface area contributed by atoms with Crippen LogP contribution < -0.4 is 5.73 Å². The van der Waals surface area contributed by atoms with Gasteiger partial charge in [-0.2, -0.15) is 0 Å². The first kappa shape index (κ1) is 9.64. The van der Waals surface area contributed by atoms with Gasteiger partial charge in [0.05, 0.1) is 21.7 Å². The normalized spacial score (nSPS) is 13.3. The largest absolute Gasteiger partial charge is 0.387 e. The minimum atomic E-state index is -0.429. The Morgan fingerprint density at radius 1 is 1.58 bits per heavy atom. The van der Waals surface area contributed by atoms with Gasteiger partial charge in [0.2, 0.25) is 0 Å². The summed E-state index contributed by atoms with van der Waals surface area (Å²) in [5.41, 5.74) is 6.28. The fraction of sp³-hybridized carbons (Fsp3) is 0.625. The van der Waals surface area contributed by atoms with Crippen LogP contribution in [0.5, 0.6) is 0 Å². The molecule has 1 heterocycles. The maximum absolute atomic E-state index is 9.61. The van der Waals surface area contributed by atoms with Crippen LogP contribution in [0.2, 0.25) is 0 Å². The third-order valence-corrected chi connectivity index (χ3v) is 2.86. The molecule has 0 aliphatic heterocycles. The number of aliphatic hydroxyl groups is 1. The summed E-state index contributed by atoms with van der Waals surface area (Å²) in [7, 11) is 0. The van der Waals surface area contributed by atoms with Crippen LogP contribution in [0.4, 0.5) is 0 Å². The summed E-state index contributed by atoms with van der Waals surface area (Å²) in [4.78, 5) is 5.19. The van der Waals surface area contributed by atoms with Crippen molar-refractivity contribution in [3.8, 4) is 0 Å². The van der Waals surface area contributed by atoms with Crippen molar-refractivity contribution in [2.45, 2.75) is 26.4 Å². The van der Waals surface area contributed by atoms with Gasteiger partial charge in [0.25, 0.3) is 0 Å². The summed E-state index contributed by atoms with van der Waals surface area (Å²) in [5, 5.41) is 10.6. The summed E-state index contributed by atoms with van der Waals surface area (Å²) in [6, 6.07) is 0. The molecule has 0 fully saturated rings. The number of aliphatic hydroxyl groups excluding tert-OH is 1. The van der Waals surface area contributed by atoms with E-state index in [9.17, 15) is 5.11 Å². The molecule has 1 aromatic rings. The number of aromatic nitrogens is 1. The van der Waals surface area contributed by atoms with E-state index in [0.29, 0.717) is 13.0 Å². The predicted molar refractivity (Wildman–Crippen MR) is 50.2 cm³/mol. The topological polar surface area (TPSA) is 59.1 Å². The van der Waals surface area contributed by atoms with Crippen LogP contribution in [0, 0.1) is 13.8 Å². The highest BCUT2D eigenvalue weighted by atomic mass is 32.1. The monoisotopic (exact) mass is 186 g/mol. The van der Waals surface area contributed by atoms with Gasteiger partial charge in [0, 0.05) is 0 Å². The molecule has 3 nitrogen and oxygen atoms in total. The van der Waals surface area contributed by atoms with E-state index >= 15 is 0 Å². The lowest BCUT2D eigenvalue weighted by atomic mass is 10.2. The standard InChI is InChI=1S/C8H14N2OS/c1-5-8(7(11)3-4-9)12-6(2)10-5/h7,11H,3-4,9H2,1-2H3. The van der Waals surface area contributed by atoms with E-state index in [2.05, 4.69) is 4.98 Å². The number of hydrogen-bond donors (Lipinski definition) is 2. The SMILES string of the molecule is Cc1nc(C)c(C(O)CCN)s1. The van der Waals surface area contributed by atoms with Crippen LogP contribution in [0.25, 0.3) is 0 Å². The zero-order chi connectivity index (χ0) is 9.14. The molecule has 0 aliphatic carbocycles. The fourth-order valence-electron chi connectivity index (χ4n) is 1.15. The van der Waals surface area contributed by atoms with Gasteiger partial charge in [-0.3, -0.25) is 0 Å². The van der Waals surface area contributed by atoms with E-state index in [1.54, 1.807) is 11.3 Å². The minimum absolute atomic E-state index is 0.429. The van der Waals surface area contributed by atoms with E-state index in [1.165, 1.54) is 0 Å². The van der Waals surface area contributed by atoms with Crippen molar-refractivity contribution in [3.63, 3.8) is 0 Å². The third-order valence-electron chi connectivity index (χ3n) is 1.68. The highest BCUT2D eigenvalue weighted by Crippen LogP contribution is 2.26. The molecule has 0 aromatic carbocycles. The first-order valence-corrected chi connectivity index (χ1v) is 4.79. The number of nitrogens with two attached hydrogens (primary N) is 1. The minimum Gasteiger partial charge on any atom is -0.387 e. The van der Waals surface area contributed by atoms with Gasteiger partial charge < -0.3 is 10.8 Å². The lowest BCUT2D eigenvalue weighted by Crippen LogP contribution is -2.06. The Balaban J connectivity index is 2.79. The molecule has 0 bridgehead atoms. The number of aryl methyl sites for hydroxylation is 2. The van der Waals surface area contributed by atoms with E-state index in [-0.39, 0.29) is 0 Å². The second kappa shape index (κ2) is 3.98. The van der Waals surface area contributed by atoms with Crippen LogP contribution in [0.3, 0.4) is 0 Å². The summed E-state index contributed by atoms with van der Waals surface area (Å²) < 4.78 is 0. The molecule has 1 unspecified atom stereocenters. The summed E-state index contributed by atoms with van der Waals surface area (Å²) in [6.07, 6.45) is 0.184. The van der Waals surface area contributed by atoms with E-state index < -0.39 is 6.10 Å². The third kappa shape index (κ3) is 2.03. The van der Waals surface area contributed by atoms with Crippen molar-refractivity contribution in [1.82, 2.24) is 4.98 Å². The molecule has 0 spiro atoms. The Bertz CT molecular complexity index is 260. The average molecular weight is 186 g/mol. The van der Waals surface area contributed by atoms with Gasteiger partial charge in [-0.05, 0) is 26.8 Å². The first-order valence-electron chi connectivity index (χ1n) is 3.97. The number of thiazole rings is 1. The Morgan fingerprint density at radius 3 is 2.67 bits per heavy atom. The molecule has 0 saturated carbocycles. The summed E-state index contributed by atoms with van der Waals surface area (Å²) in [6.45, 7) is 4.37. The number of nitrogens with zero attached hydrogens (tertiary/aromatic N) is 1. The number of rotatable bonds is 3. The summed E-state index contributed by atoms with van der Waals surface area (Å²) in [5.74, 6) is 0. The van der Waals surface area contributed by atoms with Crippen LogP contribution in [0.1, 0.15) is 28.1 Å². The quantitative estimate of drug-likeness (QED) is 0.744. The lowest BCUT2D eigenvalue weighted by Gasteiger charge is -2.06. The molecule has 0 aliphatic rings. The van der Waals surface area contributed by atoms with Crippen LogP contribution in [-0.2, 0) is 0 Å². The average Bonchev–Trinajstić information content (AvgIpc) is 2.30. The van der Waals surface area contributed by atoms with Gasteiger partial charge in [-0.15, -0.1) is 11.3 Å². The molecule has 12 heavy (non-hydrogen) atoms. The Morgan fingerprint density at radius 2 is 2.25 bits per heavy atom. The van der Waals surface area contributed by atoms with Gasteiger partial charge in [0.15, 0.2) is 0 Å². The maximum atomic E-state index is 9.61. The highest BCUT2D eigenvalue weighted by molar-refractivity contribution is 7.11. The Hall–Kier alpha value is -0.450. The molecule has 0 saturated heterocycles. The van der Waals surface area contributed by atoms with Crippen LogP contribution in [-0.4, -0.2) is 16.6 Å². The Kier molecular flexibility index (Phi) is 3.20. The second-order valence-corrected chi connectivity index (χ2v) is 4.01. The molecule has 1 aromatic heterocycles. The Labute approximate surface area is 76.3 Å². The molecule has 4 heteroatoms. The molecule has 0 radical (unpaired) electrons. The molecular weight excluding hydrogens is 172 g/mol. The zero-order valence-electron chi connectivity index (χ0n) is 7.37. The van der Waals surface area contributed by atoms with Crippen molar-refractivity contribution in [2.24, 2.45) is 5.73 Å². The second-order valence-electron chi connectivity index (χ2n) is 2.78. The van der Waals surface area contributed by atoms with Gasteiger partial charge in [-0.1, -0.05) is 0 Å². The summed E-state index contributed by atoms with van der Waals surface area (Å²) >= 11 is 1.55. The smallest absolute Gasteiger partial charge is 0.0912 e. The zero-order valence-corrected chi connectivity index (χ0v) is 8.19. The van der Waals surface area contributed by atoms with Gasteiger partial charge >= 0.3 is 0 Å². The maximum Gasteiger partial charge on any atom is 0.0912 e. The van der Waals surface area contributed by atoms with E-state index in [4.69, 9.17) is 5.73 Å². The highest BCUT2D eigenvalue weighted by Gasteiger charge is 2.13. The van der Waals surface area contributed by atoms with Crippen molar-refractivity contribution in [2.75, 3.05) is 6.54 Å². The molecule has 0 amide bonds. The van der Waals surface area contributed by atoms with E-state index in [0.717, 1.165) is 15.6 Å². The molecular formula is C8H14N2OS. The van der Waals surface area contributed by atoms with Crippen molar-refractivity contribution in [1.29, 1.82) is 0 Å². The molecule has 1 atom stereocenters. The van der Waals surface area contributed by atoms with Gasteiger partial charge in [0.1, 0.15) is 0 Å². The van der Waals surface area contributed by atoms with Gasteiger partial charge in [-0.25, -0.2) is 4.98 Å². The fourth-order valence-corrected chi connectivity index (χ4v) is 2.09. The number of hydrogen-bond acceptors (Lipinski definition) is 4. The van der Waals surface area contributed by atoms with Crippen molar-refractivity contribution >= 4 is 11.3 Å².